The molecule has 0 atom stereocenters. The lowest BCUT2D eigenvalue weighted by atomic mass is 10.1. The number of allylic oxidation sites excluding steroid dienone is 1. The van der Waals surface area contributed by atoms with Crippen LogP contribution in [0.5, 0.6) is 0 Å². The van der Waals surface area contributed by atoms with Crippen molar-refractivity contribution >= 4 is 24.1 Å². The van der Waals surface area contributed by atoms with Crippen LogP contribution in [-0.4, -0.2) is 37.1 Å². The molecule has 1 saturated carbocycles. The Balaban J connectivity index is 0.00000208. The number of nitrogens with zero attached hydrogens (tertiary/aromatic N) is 2. The van der Waals surface area contributed by atoms with Gasteiger partial charge in [-0.25, -0.2) is 4.79 Å². The summed E-state index contributed by atoms with van der Waals surface area (Å²) in [5.41, 5.74) is 5.35. The highest BCUT2D eigenvalue weighted by molar-refractivity contribution is 5.85. The Morgan fingerprint density at radius 2 is 1.75 bits per heavy atom. The normalized spacial score (nSPS) is 17.5. The van der Waals surface area contributed by atoms with Gasteiger partial charge in [-0.3, -0.25) is 0 Å². The van der Waals surface area contributed by atoms with Gasteiger partial charge in [0.15, 0.2) is 0 Å². The summed E-state index contributed by atoms with van der Waals surface area (Å²) in [6, 6.07) is 6.50. The van der Waals surface area contributed by atoms with Crippen LogP contribution in [0.1, 0.15) is 36.8 Å². The van der Waals surface area contributed by atoms with Crippen LogP contribution >= 0.6 is 12.4 Å². The smallest absolute Gasteiger partial charge is 0.321 e. The van der Waals surface area contributed by atoms with Crippen LogP contribution in [0.2, 0.25) is 0 Å². The highest BCUT2D eigenvalue weighted by Gasteiger charge is 2.22. The lowest BCUT2D eigenvalue weighted by Crippen LogP contribution is -2.51. The van der Waals surface area contributed by atoms with Crippen LogP contribution in [-0.2, 0) is 0 Å². The minimum Gasteiger partial charge on any atom is -0.368 e. The summed E-state index contributed by atoms with van der Waals surface area (Å²) >= 11 is 0. The van der Waals surface area contributed by atoms with E-state index in [0.717, 1.165) is 39.0 Å². The minimum absolute atomic E-state index is 0. The van der Waals surface area contributed by atoms with Gasteiger partial charge in [0.2, 0.25) is 0 Å². The lowest BCUT2D eigenvalue weighted by Gasteiger charge is -2.36. The van der Waals surface area contributed by atoms with E-state index < -0.39 is 0 Å². The van der Waals surface area contributed by atoms with E-state index in [2.05, 4.69) is 42.3 Å². The van der Waals surface area contributed by atoms with E-state index in [4.69, 9.17) is 0 Å². The molecule has 5 heteroatoms. The number of urea groups is 1. The van der Waals surface area contributed by atoms with E-state index in [-0.39, 0.29) is 18.4 Å². The summed E-state index contributed by atoms with van der Waals surface area (Å²) in [7, 11) is 0. The Bertz CT molecular complexity index is 599. The van der Waals surface area contributed by atoms with E-state index in [1.54, 1.807) is 0 Å². The van der Waals surface area contributed by atoms with E-state index in [9.17, 15) is 4.79 Å². The zero-order valence-corrected chi connectivity index (χ0v) is 15.5. The second-order valence-corrected chi connectivity index (χ2v) is 6.65. The van der Waals surface area contributed by atoms with Crippen molar-refractivity contribution < 1.29 is 4.79 Å². The van der Waals surface area contributed by atoms with Crippen LogP contribution in [0, 0.1) is 13.8 Å². The predicted octanol–water partition coefficient (Wildman–Crippen LogP) is 4.01. The van der Waals surface area contributed by atoms with Crippen LogP contribution in [0.4, 0.5) is 10.5 Å². The van der Waals surface area contributed by atoms with Crippen LogP contribution < -0.4 is 10.2 Å². The second kappa shape index (κ2) is 8.43. The number of nitrogens with one attached hydrogen (secondary N) is 1. The molecule has 2 aliphatic rings. The highest BCUT2D eigenvalue weighted by atomic mass is 35.5. The maximum atomic E-state index is 12.3. The average Bonchev–Trinajstić information content (AvgIpc) is 3.09. The first-order valence-electron chi connectivity index (χ1n) is 8.69. The van der Waals surface area contributed by atoms with Gasteiger partial charge in [-0.1, -0.05) is 17.7 Å². The number of aryl methyl sites for hydroxylation is 1. The number of benzene rings is 1. The average molecular weight is 350 g/mol. The van der Waals surface area contributed by atoms with Crippen LogP contribution in [0.25, 0.3) is 0 Å². The van der Waals surface area contributed by atoms with Gasteiger partial charge in [-0.05, 0) is 56.7 Å². The molecule has 1 saturated heterocycles. The third kappa shape index (κ3) is 4.23. The molecule has 132 valence electrons. The van der Waals surface area contributed by atoms with Crippen molar-refractivity contribution in [1.29, 1.82) is 0 Å². The van der Waals surface area contributed by atoms with Crippen LogP contribution in [0.3, 0.4) is 0 Å². The number of carbonyl (C=O) groups is 1. The largest absolute Gasteiger partial charge is 0.368 e. The summed E-state index contributed by atoms with van der Waals surface area (Å²) < 4.78 is 0. The number of halogens is 1. The molecule has 24 heavy (non-hydrogen) atoms. The molecule has 0 spiro atoms. The van der Waals surface area contributed by atoms with Crippen LogP contribution in [0.15, 0.2) is 30.0 Å². The van der Waals surface area contributed by atoms with Gasteiger partial charge in [-0.15, -0.1) is 12.4 Å². The van der Waals surface area contributed by atoms with E-state index in [1.807, 2.05) is 11.1 Å². The van der Waals surface area contributed by atoms with Gasteiger partial charge >= 0.3 is 6.03 Å². The number of carbonyl (C=O) groups excluding carboxylic acids is 1. The third-order valence-corrected chi connectivity index (χ3v) is 5.13. The second-order valence-electron chi connectivity index (χ2n) is 6.65. The molecule has 4 nitrogen and oxygen atoms in total. The summed E-state index contributed by atoms with van der Waals surface area (Å²) in [6.07, 6.45) is 6.74. The fourth-order valence-corrected chi connectivity index (χ4v) is 3.46. The van der Waals surface area contributed by atoms with E-state index in [0.29, 0.717) is 0 Å². The zero-order chi connectivity index (χ0) is 16.2. The maximum absolute atomic E-state index is 12.3. The fraction of sp³-hybridized carbons (Fsp3) is 0.526. The third-order valence-electron chi connectivity index (χ3n) is 5.13. The Kier molecular flexibility index (Phi) is 6.55. The Labute approximate surface area is 151 Å². The number of piperazine rings is 1. The van der Waals surface area contributed by atoms with Crippen molar-refractivity contribution in [3.63, 3.8) is 0 Å². The molecule has 0 radical (unpaired) electrons. The van der Waals surface area contributed by atoms with E-state index in [1.165, 1.54) is 35.2 Å². The van der Waals surface area contributed by atoms with Gasteiger partial charge in [-0.2, -0.15) is 0 Å². The Morgan fingerprint density at radius 3 is 2.42 bits per heavy atom. The molecule has 1 aromatic carbocycles. The quantitative estimate of drug-likeness (QED) is 0.875. The standard InChI is InChI=1S/C19H27N3O.ClH/c1-15-6-5-9-18(16(15)2)21-10-12-22(13-11-21)19(23)20-14-17-7-3-4-8-17;/h5-6,9,14H,3-4,7-8,10-13H2,1-2H3,(H,20,23);1H. The summed E-state index contributed by atoms with van der Waals surface area (Å²) in [5.74, 6) is 0. The molecule has 0 unspecified atom stereocenters. The van der Waals surface area contributed by atoms with Gasteiger partial charge in [0, 0.05) is 38.1 Å². The molecule has 1 aliphatic heterocycles. The first kappa shape index (κ1) is 18.7. The number of hydrogen-bond acceptors (Lipinski definition) is 2. The lowest BCUT2D eigenvalue weighted by molar-refractivity contribution is 0.198. The van der Waals surface area contributed by atoms with Crippen molar-refractivity contribution in [3.05, 3.63) is 41.1 Å². The topological polar surface area (TPSA) is 35.6 Å². The number of amides is 2. The number of rotatable bonds is 2. The highest BCUT2D eigenvalue weighted by Crippen LogP contribution is 2.24. The van der Waals surface area contributed by atoms with Gasteiger partial charge in [0.05, 0.1) is 0 Å². The molecule has 1 aromatic rings. The van der Waals surface area contributed by atoms with Crippen molar-refractivity contribution in [2.75, 3.05) is 31.1 Å². The maximum Gasteiger partial charge on any atom is 0.321 e. The van der Waals surface area contributed by atoms with Gasteiger partial charge in [0.1, 0.15) is 0 Å². The number of anilines is 1. The molecule has 1 aliphatic carbocycles. The molecule has 0 bridgehead atoms. The van der Waals surface area contributed by atoms with E-state index >= 15 is 0 Å². The van der Waals surface area contributed by atoms with Crippen molar-refractivity contribution in [3.8, 4) is 0 Å². The summed E-state index contributed by atoms with van der Waals surface area (Å²) in [6.45, 7) is 7.68. The number of hydrogen-bond donors (Lipinski definition) is 1. The molecular weight excluding hydrogens is 322 g/mol. The first-order chi connectivity index (χ1) is 11.1. The van der Waals surface area contributed by atoms with Gasteiger partial charge in [0.25, 0.3) is 0 Å². The summed E-state index contributed by atoms with van der Waals surface area (Å²) in [4.78, 5) is 16.6. The first-order valence-corrected chi connectivity index (χ1v) is 8.69. The monoisotopic (exact) mass is 349 g/mol. The Hall–Kier alpha value is -1.68. The molecule has 1 N–H and O–H groups in total. The van der Waals surface area contributed by atoms with Crippen molar-refractivity contribution in [2.24, 2.45) is 0 Å². The molecule has 3 rings (SSSR count). The molecule has 2 amide bonds. The Morgan fingerprint density at radius 1 is 1.08 bits per heavy atom. The molecule has 1 heterocycles. The molecule has 0 aromatic heterocycles. The predicted molar refractivity (Wildman–Crippen MR) is 102 cm³/mol. The van der Waals surface area contributed by atoms with Crippen molar-refractivity contribution in [2.45, 2.75) is 39.5 Å². The molecule has 2 fully saturated rings. The summed E-state index contributed by atoms with van der Waals surface area (Å²) in [5, 5.41) is 2.98. The zero-order valence-electron chi connectivity index (χ0n) is 14.7. The van der Waals surface area contributed by atoms with Gasteiger partial charge < -0.3 is 15.1 Å². The molecular formula is C19H28ClN3O. The fourth-order valence-electron chi connectivity index (χ4n) is 3.46. The SMILES string of the molecule is Cc1cccc(N2CCN(C(=O)NC=C3CCCC3)CC2)c1C.Cl. The minimum atomic E-state index is 0. The van der Waals surface area contributed by atoms with Crippen molar-refractivity contribution in [1.82, 2.24) is 10.2 Å².